The van der Waals surface area contributed by atoms with E-state index in [0.717, 1.165) is 0 Å². The summed E-state index contributed by atoms with van der Waals surface area (Å²) in [7, 11) is 0. The maximum atomic E-state index is 11.7. The molecule has 0 aromatic rings. The third kappa shape index (κ3) is 4.28. The predicted octanol–water partition coefficient (Wildman–Crippen LogP) is 1.92. The highest BCUT2D eigenvalue weighted by atomic mass is 79.9. The van der Waals surface area contributed by atoms with Crippen molar-refractivity contribution in [1.29, 1.82) is 5.26 Å². The van der Waals surface area contributed by atoms with E-state index < -0.39 is 4.32 Å². The van der Waals surface area contributed by atoms with Crippen molar-refractivity contribution in [2.75, 3.05) is 13.1 Å². The molecule has 0 N–H and O–H groups in total. The maximum Gasteiger partial charge on any atom is 0.238 e. The van der Waals surface area contributed by atoms with Crippen LogP contribution < -0.4 is 0 Å². The van der Waals surface area contributed by atoms with Gasteiger partial charge < -0.3 is 4.90 Å². The van der Waals surface area contributed by atoms with Crippen molar-refractivity contribution in [3.05, 3.63) is 0 Å². The second-order valence-electron chi connectivity index (χ2n) is 3.27. The zero-order chi connectivity index (χ0) is 10.5. The molecule has 0 fully saturated rings. The van der Waals surface area contributed by atoms with Gasteiger partial charge in [-0.3, -0.25) is 4.79 Å². The Morgan fingerprint density at radius 3 is 2.46 bits per heavy atom. The summed E-state index contributed by atoms with van der Waals surface area (Å²) in [5, 5.41) is 8.40. The Hall–Kier alpha value is -0.560. The lowest BCUT2D eigenvalue weighted by Gasteiger charge is -2.26. The minimum atomic E-state index is -0.529. The maximum absolute atomic E-state index is 11.7. The molecule has 0 aliphatic carbocycles. The standard InChI is InChI=1S/C9H15BrN2O/c1-4-12(7-5-6-11)8(13)9(2,3)10/h4-5,7H2,1-3H3. The van der Waals surface area contributed by atoms with E-state index in [-0.39, 0.29) is 5.91 Å². The molecule has 0 aromatic heterocycles. The zero-order valence-electron chi connectivity index (χ0n) is 8.30. The lowest BCUT2D eigenvalue weighted by Crippen LogP contribution is -2.41. The van der Waals surface area contributed by atoms with E-state index in [9.17, 15) is 4.79 Å². The first kappa shape index (κ1) is 12.4. The van der Waals surface area contributed by atoms with Crippen molar-refractivity contribution in [2.24, 2.45) is 0 Å². The van der Waals surface area contributed by atoms with Gasteiger partial charge in [-0.1, -0.05) is 15.9 Å². The molecule has 0 aromatic carbocycles. The molecule has 0 saturated carbocycles. The summed E-state index contributed by atoms with van der Waals surface area (Å²) in [6, 6.07) is 2.03. The number of nitriles is 1. The Balaban J connectivity index is 4.26. The van der Waals surface area contributed by atoms with Gasteiger partial charge in [0, 0.05) is 13.1 Å². The van der Waals surface area contributed by atoms with Gasteiger partial charge in [0.05, 0.1) is 16.8 Å². The lowest BCUT2D eigenvalue weighted by molar-refractivity contribution is -0.132. The van der Waals surface area contributed by atoms with Crippen molar-refractivity contribution in [3.8, 4) is 6.07 Å². The first-order valence-corrected chi connectivity index (χ1v) is 5.08. The first-order valence-electron chi connectivity index (χ1n) is 4.28. The van der Waals surface area contributed by atoms with Gasteiger partial charge in [0.25, 0.3) is 0 Å². The van der Waals surface area contributed by atoms with Crippen LogP contribution in [0.2, 0.25) is 0 Å². The molecule has 1 amide bonds. The van der Waals surface area contributed by atoms with Crippen LogP contribution >= 0.6 is 15.9 Å². The highest BCUT2D eigenvalue weighted by molar-refractivity contribution is 9.10. The first-order chi connectivity index (χ1) is 5.93. The molecule has 0 bridgehead atoms. The molecular weight excluding hydrogens is 232 g/mol. The van der Waals surface area contributed by atoms with Crippen LogP contribution in [-0.4, -0.2) is 28.2 Å². The third-order valence-corrected chi connectivity index (χ3v) is 2.01. The van der Waals surface area contributed by atoms with Crippen LogP contribution in [0.15, 0.2) is 0 Å². The molecule has 0 atom stereocenters. The molecule has 0 rings (SSSR count). The summed E-state index contributed by atoms with van der Waals surface area (Å²) < 4.78 is -0.529. The van der Waals surface area contributed by atoms with E-state index in [2.05, 4.69) is 15.9 Å². The van der Waals surface area contributed by atoms with Crippen molar-refractivity contribution in [2.45, 2.75) is 31.5 Å². The van der Waals surface area contributed by atoms with Crippen LogP contribution in [0, 0.1) is 11.3 Å². The van der Waals surface area contributed by atoms with Crippen LogP contribution in [0.25, 0.3) is 0 Å². The second kappa shape index (κ2) is 5.23. The van der Waals surface area contributed by atoms with E-state index in [0.29, 0.717) is 19.5 Å². The highest BCUT2D eigenvalue weighted by Gasteiger charge is 2.27. The molecule has 0 heterocycles. The SMILES string of the molecule is CCN(CCC#N)C(=O)C(C)(C)Br. The van der Waals surface area contributed by atoms with Crippen molar-refractivity contribution >= 4 is 21.8 Å². The third-order valence-electron chi connectivity index (χ3n) is 1.67. The molecule has 0 aliphatic rings. The molecular formula is C9H15BrN2O. The Bertz CT molecular complexity index is 215. The average Bonchev–Trinajstić information content (AvgIpc) is 2.04. The monoisotopic (exact) mass is 246 g/mol. The summed E-state index contributed by atoms with van der Waals surface area (Å²) >= 11 is 3.30. The number of amides is 1. The smallest absolute Gasteiger partial charge is 0.238 e. The zero-order valence-corrected chi connectivity index (χ0v) is 9.89. The lowest BCUT2D eigenvalue weighted by atomic mass is 10.2. The number of hydrogen-bond acceptors (Lipinski definition) is 2. The fourth-order valence-corrected chi connectivity index (χ4v) is 1.21. The number of carbonyl (C=O) groups excluding carboxylic acids is 1. The molecule has 0 aliphatic heterocycles. The quantitative estimate of drug-likeness (QED) is 0.712. The summed E-state index contributed by atoms with van der Waals surface area (Å²) in [6.07, 6.45) is 0.392. The summed E-state index contributed by atoms with van der Waals surface area (Å²) in [6.45, 7) is 6.69. The number of alkyl halides is 1. The van der Waals surface area contributed by atoms with Gasteiger partial charge >= 0.3 is 0 Å². The summed E-state index contributed by atoms with van der Waals surface area (Å²) in [5.41, 5.74) is 0. The molecule has 3 nitrogen and oxygen atoms in total. The topological polar surface area (TPSA) is 44.1 Å². The van der Waals surface area contributed by atoms with Crippen molar-refractivity contribution < 1.29 is 4.79 Å². The van der Waals surface area contributed by atoms with E-state index >= 15 is 0 Å². The number of rotatable bonds is 4. The number of nitrogens with zero attached hydrogens (tertiary/aromatic N) is 2. The van der Waals surface area contributed by atoms with Crippen LogP contribution in [0.5, 0.6) is 0 Å². The van der Waals surface area contributed by atoms with Crippen molar-refractivity contribution in [3.63, 3.8) is 0 Å². The number of carbonyl (C=O) groups is 1. The largest absolute Gasteiger partial charge is 0.341 e. The van der Waals surface area contributed by atoms with Gasteiger partial charge in [-0.2, -0.15) is 5.26 Å². The molecule has 0 spiro atoms. The van der Waals surface area contributed by atoms with E-state index in [1.165, 1.54) is 0 Å². The van der Waals surface area contributed by atoms with Gasteiger partial charge in [-0.05, 0) is 20.8 Å². The number of hydrogen-bond donors (Lipinski definition) is 0. The second-order valence-corrected chi connectivity index (χ2v) is 5.25. The van der Waals surface area contributed by atoms with Crippen molar-refractivity contribution in [1.82, 2.24) is 4.90 Å². The van der Waals surface area contributed by atoms with E-state index in [1.54, 1.807) is 4.90 Å². The predicted molar refractivity (Wildman–Crippen MR) is 55.5 cm³/mol. The molecule has 13 heavy (non-hydrogen) atoms. The Morgan fingerprint density at radius 1 is 1.62 bits per heavy atom. The van der Waals surface area contributed by atoms with Gasteiger partial charge in [-0.15, -0.1) is 0 Å². The molecule has 74 valence electrons. The molecule has 0 radical (unpaired) electrons. The Morgan fingerprint density at radius 2 is 2.15 bits per heavy atom. The minimum absolute atomic E-state index is 0.0326. The number of halogens is 1. The van der Waals surface area contributed by atoms with Gasteiger partial charge in [0.1, 0.15) is 0 Å². The highest BCUT2D eigenvalue weighted by Crippen LogP contribution is 2.19. The molecule has 4 heteroatoms. The van der Waals surface area contributed by atoms with Crippen LogP contribution in [0.1, 0.15) is 27.2 Å². The van der Waals surface area contributed by atoms with Crippen LogP contribution in [0.3, 0.4) is 0 Å². The minimum Gasteiger partial charge on any atom is -0.341 e. The molecule has 0 saturated heterocycles. The summed E-state index contributed by atoms with van der Waals surface area (Å²) in [5.74, 6) is 0.0326. The van der Waals surface area contributed by atoms with Gasteiger partial charge in [-0.25, -0.2) is 0 Å². The molecule has 0 unspecified atom stereocenters. The van der Waals surface area contributed by atoms with Gasteiger partial charge in [0.2, 0.25) is 5.91 Å². The normalized spacial score (nSPS) is 10.7. The fraction of sp³-hybridized carbons (Fsp3) is 0.778. The fourth-order valence-electron chi connectivity index (χ4n) is 0.964. The van der Waals surface area contributed by atoms with Crippen LogP contribution in [0.4, 0.5) is 0 Å². The summed E-state index contributed by atoms with van der Waals surface area (Å²) in [4.78, 5) is 13.3. The Labute approximate surface area is 87.8 Å². The van der Waals surface area contributed by atoms with Crippen LogP contribution in [-0.2, 0) is 4.79 Å². The van der Waals surface area contributed by atoms with E-state index in [1.807, 2.05) is 26.8 Å². The van der Waals surface area contributed by atoms with Gasteiger partial charge in [0.15, 0.2) is 0 Å². The van der Waals surface area contributed by atoms with E-state index in [4.69, 9.17) is 5.26 Å². The average molecular weight is 247 g/mol. The Kier molecular flexibility index (Phi) is 5.01.